The number of benzene rings is 1. The SMILES string of the molecule is CN(CC1CC(=O)N(C2CCCC2)C1)S(=O)(=O)c1cccc(Cl)c1. The fraction of sp³-hybridized carbons (Fsp3) is 0.588. The smallest absolute Gasteiger partial charge is 0.242 e. The van der Waals surface area contributed by atoms with Crippen LogP contribution in [0.4, 0.5) is 0 Å². The Labute approximate surface area is 148 Å². The highest BCUT2D eigenvalue weighted by Gasteiger charge is 2.37. The van der Waals surface area contributed by atoms with E-state index in [0.717, 1.165) is 12.8 Å². The molecule has 3 rings (SSSR count). The van der Waals surface area contributed by atoms with E-state index in [9.17, 15) is 13.2 Å². The van der Waals surface area contributed by atoms with Crippen LogP contribution in [0, 0.1) is 5.92 Å². The largest absolute Gasteiger partial charge is 0.339 e. The standard InChI is InChI=1S/C17H23ClN2O3S/c1-19(24(22,23)16-8-4-5-14(18)10-16)11-13-9-17(21)20(12-13)15-6-2-3-7-15/h4-5,8,10,13,15H,2-3,6-7,9,11-12H2,1H3. The Morgan fingerprint density at radius 2 is 2.00 bits per heavy atom. The number of carbonyl (C=O) groups excluding carboxylic acids is 1. The highest BCUT2D eigenvalue weighted by molar-refractivity contribution is 7.89. The molecule has 0 aromatic heterocycles. The number of amides is 1. The number of carbonyl (C=O) groups is 1. The summed E-state index contributed by atoms with van der Waals surface area (Å²) in [7, 11) is -2.02. The van der Waals surface area contributed by atoms with E-state index in [1.54, 1.807) is 25.2 Å². The molecule has 2 aliphatic rings. The van der Waals surface area contributed by atoms with Gasteiger partial charge in [-0.05, 0) is 37.0 Å². The van der Waals surface area contributed by atoms with Gasteiger partial charge in [0.05, 0.1) is 4.90 Å². The lowest BCUT2D eigenvalue weighted by Gasteiger charge is -2.25. The first-order chi connectivity index (χ1) is 11.4. The van der Waals surface area contributed by atoms with Crippen LogP contribution in [0.25, 0.3) is 0 Å². The fourth-order valence-electron chi connectivity index (χ4n) is 3.77. The molecule has 2 fully saturated rings. The lowest BCUT2D eigenvalue weighted by atomic mass is 10.1. The van der Waals surface area contributed by atoms with E-state index in [-0.39, 0.29) is 16.7 Å². The van der Waals surface area contributed by atoms with E-state index in [4.69, 9.17) is 11.6 Å². The molecule has 0 radical (unpaired) electrons. The first kappa shape index (κ1) is 17.7. The Bertz CT molecular complexity index is 716. The summed E-state index contributed by atoms with van der Waals surface area (Å²) < 4.78 is 26.7. The molecule has 5 nitrogen and oxygen atoms in total. The van der Waals surface area contributed by atoms with Crippen molar-refractivity contribution >= 4 is 27.5 Å². The number of sulfonamides is 1. The van der Waals surface area contributed by atoms with Crippen LogP contribution in [0.1, 0.15) is 32.1 Å². The zero-order valence-corrected chi connectivity index (χ0v) is 15.4. The van der Waals surface area contributed by atoms with Gasteiger partial charge >= 0.3 is 0 Å². The monoisotopic (exact) mass is 370 g/mol. The third kappa shape index (κ3) is 3.60. The molecule has 0 bridgehead atoms. The molecular weight excluding hydrogens is 348 g/mol. The first-order valence-electron chi connectivity index (χ1n) is 8.39. The Morgan fingerprint density at radius 1 is 1.29 bits per heavy atom. The Kier molecular flexibility index (Phi) is 5.18. The van der Waals surface area contributed by atoms with Crippen molar-refractivity contribution in [1.29, 1.82) is 0 Å². The topological polar surface area (TPSA) is 57.7 Å². The third-order valence-corrected chi connectivity index (χ3v) is 7.08. The maximum atomic E-state index is 12.7. The number of nitrogens with zero attached hydrogens (tertiary/aromatic N) is 2. The zero-order valence-electron chi connectivity index (χ0n) is 13.8. The summed E-state index contributed by atoms with van der Waals surface area (Å²) in [6, 6.07) is 6.64. The summed E-state index contributed by atoms with van der Waals surface area (Å²) in [4.78, 5) is 14.4. The van der Waals surface area contributed by atoms with Crippen molar-refractivity contribution in [3.05, 3.63) is 29.3 Å². The predicted molar refractivity (Wildman–Crippen MR) is 93.3 cm³/mol. The summed E-state index contributed by atoms with van der Waals surface area (Å²) >= 11 is 5.90. The van der Waals surface area contributed by atoms with Gasteiger partial charge in [0.15, 0.2) is 0 Å². The van der Waals surface area contributed by atoms with Crippen molar-refractivity contribution < 1.29 is 13.2 Å². The van der Waals surface area contributed by atoms with Crippen LogP contribution in [0.5, 0.6) is 0 Å². The highest BCUT2D eigenvalue weighted by atomic mass is 35.5. The van der Waals surface area contributed by atoms with Gasteiger partial charge in [0.2, 0.25) is 15.9 Å². The van der Waals surface area contributed by atoms with Crippen LogP contribution >= 0.6 is 11.6 Å². The van der Waals surface area contributed by atoms with E-state index in [0.29, 0.717) is 30.6 Å². The molecule has 24 heavy (non-hydrogen) atoms. The van der Waals surface area contributed by atoms with Gasteiger partial charge in [-0.15, -0.1) is 0 Å². The molecule has 1 aliphatic heterocycles. The van der Waals surface area contributed by atoms with E-state index >= 15 is 0 Å². The van der Waals surface area contributed by atoms with Gasteiger partial charge in [0.1, 0.15) is 0 Å². The average molecular weight is 371 g/mol. The normalized spacial score (nSPS) is 22.7. The van der Waals surface area contributed by atoms with E-state index in [1.807, 2.05) is 4.90 Å². The molecule has 1 aliphatic carbocycles. The molecule has 1 aromatic rings. The Hall–Kier alpha value is -1.11. The van der Waals surface area contributed by atoms with Gasteiger partial charge in [0, 0.05) is 37.6 Å². The van der Waals surface area contributed by atoms with Gasteiger partial charge in [0.25, 0.3) is 0 Å². The molecular formula is C17H23ClN2O3S. The van der Waals surface area contributed by atoms with Crippen molar-refractivity contribution in [2.24, 2.45) is 5.92 Å². The molecule has 1 saturated carbocycles. The number of halogens is 1. The van der Waals surface area contributed by atoms with E-state index < -0.39 is 10.0 Å². The van der Waals surface area contributed by atoms with Gasteiger partial charge in [-0.3, -0.25) is 4.79 Å². The van der Waals surface area contributed by atoms with Crippen molar-refractivity contribution in [2.75, 3.05) is 20.1 Å². The summed E-state index contributed by atoms with van der Waals surface area (Å²) in [5, 5.41) is 0.396. The summed E-state index contributed by atoms with van der Waals surface area (Å²) in [5.74, 6) is 0.220. The van der Waals surface area contributed by atoms with Crippen LogP contribution < -0.4 is 0 Å². The molecule has 1 atom stereocenters. The lowest BCUT2D eigenvalue weighted by Crippen LogP contribution is -2.36. The molecule has 7 heteroatoms. The maximum absolute atomic E-state index is 12.7. The van der Waals surface area contributed by atoms with Crippen molar-refractivity contribution in [3.8, 4) is 0 Å². The average Bonchev–Trinajstić information content (AvgIpc) is 3.16. The third-order valence-electron chi connectivity index (χ3n) is 5.02. The Morgan fingerprint density at radius 3 is 2.67 bits per heavy atom. The van der Waals surface area contributed by atoms with Gasteiger partial charge in [-0.25, -0.2) is 12.7 Å². The maximum Gasteiger partial charge on any atom is 0.242 e. The van der Waals surface area contributed by atoms with Crippen molar-refractivity contribution in [3.63, 3.8) is 0 Å². The number of hydrogen-bond acceptors (Lipinski definition) is 3. The zero-order chi connectivity index (χ0) is 17.3. The van der Waals surface area contributed by atoms with Gasteiger partial charge in [-0.1, -0.05) is 30.5 Å². The fourth-order valence-corrected chi connectivity index (χ4v) is 5.32. The molecule has 1 aromatic carbocycles. The molecule has 0 N–H and O–H groups in total. The Balaban J connectivity index is 1.66. The molecule has 132 valence electrons. The van der Waals surface area contributed by atoms with E-state index in [1.165, 1.54) is 23.2 Å². The molecule has 1 amide bonds. The summed E-state index contributed by atoms with van der Waals surface area (Å²) in [5.41, 5.74) is 0. The first-order valence-corrected chi connectivity index (χ1v) is 10.2. The van der Waals surface area contributed by atoms with Crippen LogP contribution in [-0.4, -0.2) is 49.7 Å². The minimum atomic E-state index is -3.58. The second-order valence-electron chi connectivity index (χ2n) is 6.80. The summed E-state index contributed by atoms with van der Waals surface area (Å²) in [6.45, 7) is 1.02. The number of hydrogen-bond donors (Lipinski definition) is 0. The molecule has 1 saturated heterocycles. The highest BCUT2D eigenvalue weighted by Crippen LogP contribution is 2.30. The number of likely N-dealkylation sites (tertiary alicyclic amines) is 1. The predicted octanol–water partition coefficient (Wildman–Crippen LogP) is 2.75. The van der Waals surface area contributed by atoms with Crippen molar-refractivity contribution in [2.45, 2.75) is 43.0 Å². The van der Waals surface area contributed by atoms with E-state index in [2.05, 4.69) is 0 Å². The minimum Gasteiger partial charge on any atom is -0.339 e. The van der Waals surface area contributed by atoms with Crippen LogP contribution in [0.15, 0.2) is 29.2 Å². The molecule has 1 unspecified atom stereocenters. The van der Waals surface area contributed by atoms with Gasteiger partial charge < -0.3 is 4.90 Å². The second kappa shape index (κ2) is 7.02. The van der Waals surface area contributed by atoms with Gasteiger partial charge in [-0.2, -0.15) is 0 Å². The second-order valence-corrected chi connectivity index (χ2v) is 9.28. The quantitative estimate of drug-likeness (QED) is 0.800. The molecule has 0 spiro atoms. The lowest BCUT2D eigenvalue weighted by molar-refractivity contribution is -0.129. The minimum absolute atomic E-state index is 0.0528. The van der Waals surface area contributed by atoms with Crippen LogP contribution in [0.2, 0.25) is 5.02 Å². The summed E-state index contributed by atoms with van der Waals surface area (Å²) in [6.07, 6.45) is 4.96. The number of rotatable bonds is 5. The van der Waals surface area contributed by atoms with Crippen LogP contribution in [-0.2, 0) is 14.8 Å². The van der Waals surface area contributed by atoms with Crippen LogP contribution in [0.3, 0.4) is 0 Å². The van der Waals surface area contributed by atoms with Crippen molar-refractivity contribution in [1.82, 2.24) is 9.21 Å². The molecule has 1 heterocycles.